The van der Waals surface area contributed by atoms with Gasteiger partial charge in [0, 0.05) is 30.8 Å². The number of carbonyl (C=O) groups excluding carboxylic acids is 1. The van der Waals surface area contributed by atoms with Crippen molar-refractivity contribution in [3.63, 3.8) is 0 Å². The van der Waals surface area contributed by atoms with E-state index in [4.69, 9.17) is 15.5 Å². The first-order valence-corrected chi connectivity index (χ1v) is 11.3. The Kier molecular flexibility index (Phi) is 8.09. The molecule has 7 nitrogen and oxygen atoms in total. The molecular weight excluding hydrogens is 390 g/mol. The Bertz CT molecular complexity index is 871. The third kappa shape index (κ3) is 7.12. The number of anilines is 2. The summed E-state index contributed by atoms with van der Waals surface area (Å²) < 4.78 is 5.66. The maximum Gasteiger partial charge on any atom is 0.258 e. The number of amides is 1. The molecule has 1 aromatic carbocycles. The molecule has 0 aliphatic carbocycles. The van der Waals surface area contributed by atoms with Gasteiger partial charge in [0.05, 0.1) is 5.69 Å². The molecule has 0 spiro atoms. The van der Waals surface area contributed by atoms with Gasteiger partial charge >= 0.3 is 0 Å². The molecule has 1 saturated heterocycles. The number of nitrogens with one attached hydrogen (secondary N) is 1. The lowest BCUT2D eigenvalue weighted by Gasteiger charge is -2.22. The second-order valence-electron chi connectivity index (χ2n) is 8.75. The molecule has 7 heteroatoms. The lowest BCUT2D eigenvalue weighted by molar-refractivity contribution is -0.123. The summed E-state index contributed by atoms with van der Waals surface area (Å²) in [6, 6.07) is 9.44. The van der Waals surface area contributed by atoms with E-state index in [0.717, 1.165) is 43.1 Å². The normalized spacial score (nSPS) is 17.5. The van der Waals surface area contributed by atoms with E-state index in [-0.39, 0.29) is 18.6 Å². The fraction of sp³-hybridized carbons (Fsp3) is 0.542. The number of hydrogen-bond acceptors (Lipinski definition) is 6. The van der Waals surface area contributed by atoms with Crippen LogP contribution in [0.1, 0.15) is 52.9 Å². The number of benzene rings is 1. The number of nitrogens with zero attached hydrogens (tertiary/aromatic N) is 3. The molecule has 2 aromatic rings. The molecule has 31 heavy (non-hydrogen) atoms. The molecule has 0 radical (unpaired) electrons. The van der Waals surface area contributed by atoms with Gasteiger partial charge in [-0.3, -0.25) is 4.79 Å². The lowest BCUT2D eigenvalue weighted by atomic mass is 10.00. The molecule has 2 heterocycles. The molecule has 1 fully saturated rings. The van der Waals surface area contributed by atoms with Gasteiger partial charge in [-0.2, -0.15) is 4.98 Å². The Balaban J connectivity index is 1.75. The number of ether oxygens (including phenoxy) is 1. The first kappa shape index (κ1) is 22.8. The summed E-state index contributed by atoms with van der Waals surface area (Å²) in [5.41, 5.74) is 7.79. The Labute approximate surface area is 185 Å². The van der Waals surface area contributed by atoms with Gasteiger partial charge < -0.3 is 20.7 Å². The topological polar surface area (TPSA) is 93.4 Å². The number of hydrogen-bond donors (Lipinski definition) is 2. The van der Waals surface area contributed by atoms with Crippen molar-refractivity contribution < 1.29 is 9.53 Å². The minimum Gasteiger partial charge on any atom is -0.484 e. The molecule has 1 aromatic heterocycles. The second kappa shape index (κ2) is 11.0. The van der Waals surface area contributed by atoms with E-state index in [0.29, 0.717) is 17.5 Å². The molecule has 0 saturated carbocycles. The highest BCUT2D eigenvalue weighted by molar-refractivity contribution is 5.77. The maximum atomic E-state index is 11.9. The average molecular weight is 426 g/mol. The van der Waals surface area contributed by atoms with Gasteiger partial charge in [0.2, 0.25) is 5.95 Å². The van der Waals surface area contributed by atoms with E-state index in [1.165, 1.54) is 19.3 Å². The van der Waals surface area contributed by atoms with Gasteiger partial charge in [-0.05, 0) is 51.2 Å². The fourth-order valence-corrected chi connectivity index (χ4v) is 3.88. The van der Waals surface area contributed by atoms with Crippen LogP contribution in [-0.2, 0) is 4.79 Å². The van der Waals surface area contributed by atoms with E-state index in [1.54, 1.807) is 6.07 Å². The molecule has 1 aliphatic heterocycles. The maximum absolute atomic E-state index is 11.9. The van der Waals surface area contributed by atoms with E-state index in [9.17, 15) is 4.79 Å². The van der Waals surface area contributed by atoms with Crippen LogP contribution in [0.4, 0.5) is 11.8 Å². The third-order valence-corrected chi connectivity index (χ3v) is 5.47. The highest BCUT2D eigenvalue weighted by Crippen LogP contribution is 2.26. The van der Waals surface area contributed by atoms with Crippen molar-refractivity contribution in [3.05, 3.63) is 30.3 Å². The largest absolute Gasteiger partial charge is 0.484 e. The molecular formula is C24H35N5O2. The minimum absolute atomic E-state index is 0.0228. The molecule has 168 valence electrons. The number of aromatic nitrogens is 2. The fourth-order valence-electron chi connectivity index (χ4n) is 3.88. The van der Waals surface area contributed by atoms with Crippen molar-refractivity contribution >= 4 is 17.7 Å². The van der Waals surface area contributed by atoms with Crippen molar-refractivity contribution in [1.82, 2.24) is 15.3 Å². The van der Waals surface area contributed by atoms with Crippen LogP contribution in [-0.4, -0.2) is 41.6 Å². The predicted molar refractivity (Wildman–Crippen MR) is 125 cm³/mol. The summed E-state index contributed by atoms with van der Waals surface area (Å²) in [5.74, 6) is 2.40. The van der Waals surface area contributed by atoms with Crippen LogP contribution in [0.3, 0.4) is 0 Å². The lowest BCUT2D eigenvalue weighted by Crippen LogP contribution is -2.34. The summed E-state index contributed by atoms with van der Waals surface area (Å²) in [6.45, 7) is 8.05. The van der Waals surface area contributed by atoms with Gasteiger partial charge in [0.25, 0.3) is 5.91 Å². The van der Waals surface area contributed by atoms with E-state index >= 15 is 0 Å². The van der Waals surface area contributed by atoms with Crippen molar-refractivity contribution in [1.29, 1.82) is 0 Å². The molecule has 3 N–H and O–H groups in total. The number of rotatable bonds is 6. The second-order valence-corrected chi connectivity index (χ2v) is 8.75. The van der Waals surface area contributed by atoms with Crippen LogP contribution in [0, 0.1) is 5.92 Å². The van der Waals surface area contributed by atoms with E-state index in [1.807, 2.05) is 38.1 Å². The summed E-state index contributed by atoms with van der Waals surface area (Å²) in [6.07, 6.45) is 6.03. The average Bonchev–Trinajstić information content (AvgIpc) is 2.83. The van der Waals surface area contributed by atoms with Gasteiger partial charge in [0.1, 0.15) is 11.6 Å². The Morgan fingerprint density at radius 1 is 1.19 bits per heavy atom. The first-order chi connectivity index (χ1) is 14.9. The Morgan fingerprint density at radius 2 is 1.97 bits per heavy atom. The molecule has 3 rings (SSSR count). The standard InChI is InChI=1S/C24H35N5O2/c1-17(2)26-23(30)16-31-20-11-6-10-19(14-20)21-15-22(25)28-24(27-21)29-12-5-4-8-18(3)9-7-13-29/h6,10-11,14-15,17-18H,4-5,7-9,12-13,16H2,1-3H3,(H,26,30)(H2,25,27,28). The van der Waals surface area contributed by atoms with Crippen LogP contribution < -0.4 is 20.7 Å². The molecule has 1 unspecified atom stereocenters. The van der Waals surface area contributed by atoms with E-state index < -0.39 is 0 Å². The molecule has 1 atom stereocenters. The molecule has 1 aliphatic rings. The zero-order valence-corrected chi connectivity index (χ0v) is 18.9. The van der Waals surface area contributed by atoms with Gasteiger partial charge in [0.15, 0.2) is 6.61 Å². The first-order valence-electron chi connectivity index (χ1n) is 11.3. The van der Waals surface area contributed by atoms with Crippen molar-refractivity contribution in [3.8, 4) is 17.0 Å². The van der Waals surface area contributed by atoms with Crippen LogP contribution in [0.2, 0.25) is 0 Å². The van der Waals surface area contributed by atoms with Crippen molar-refractivity contribution in [2.75, 3.05) is 30.3 Å². The third-order valence-electron chi connectivity index (χ3n) is 5.47. The van der Waals surface area contributed by atoms with Gasteiger partial charge in [-0.1, -0.05) is 31.9 Å². The predicted octanol–water partition coefficient (Wildman–Crippen LogP) is 4.04. The summed E-state index contributed by atoms with van der Waals surface area (Å²) >= 11 is 0. The van der Waals surface area contributed by atoms with Crippen molar-refractivity contribution in [2.24, 2.45) is 5.92 Å². The van der Waals surface area contributed by atoms with Crippen LogP contribution in [0.25, 0.3) is 11.3 Å². The highest BCUT2D eigenvalue weighted by Gasteiger charge is 2.16. The minimum atomic E-state index is -0.142. The number of nitrogen functional groups attached to an aromatic ring is 1. The smallest absolute Gasteiger partial charge is 0.258 e. The number of carbonyl (C=O) groups is 1. The van der Waals surface area contributed by atoms with Crippen LogP contribution in [0.5, 0.6) is 5.75 Å². The SMILES string of the molecule is CC1CCCCN(c2nc(N)cc(-c3cccc(OCC(=O)NC(C)C)c3)n2)CCC1. The zero-order valence-electron chi connectivity index (χ0n) is 18.9. The Morgan fingerprint density at radius 3 is 2.77 bits per heavy atom. The zero-order chi connectivity index (χ0) is 22.2. The summed E-state index contributed by atoms with van der Waals surface area (Å²) in [5, 5.41) is 2.82. The van der Waals surface area contributed by atoms with Gasteiger partial charge in [-0.15, -0.1) is 0 Å². The molecule has 1 amide bonds. The van der Waals surface area contributed by atoms with Crippen molar-refractivity contribution in [2.45, 2.75) is 58.9 Å². The Hall–Kier alpha value is -2.83. The summed E-state index contributed by atoms with van der Waals surface area (Å²) in [7, 11) is 0. The quantitative estimate of drug-likeness (QED) is 0.726. The van der Waals surface area contributed by atoms with Crippen LogP contribution >= 0.6 is 0 Å². The molecule has 0 bridgehead atoms. The van der Waals surface area contributed by atoms with Gasteiger partial charge in [-0.25, -0.2) is 4.98 Å². The monoisotopic (exact) mass is 425 g/mol. The van der Waals surface area contributed by atoms with Crippen LogP contribution in [0.15, 0.2) is 30.3 Å². The highest BCUT2D eigenvalue weighted by atomic mass is 16.5. The number of nitrogens with two attached hydrogens (primary N) is 1. The van der Waals surface area contributed by atoms with E-state index in [2.05, 4.69) is 22.1 Å². The summed E-state index contributed by atoms with van der Waals surface area (Å²) in [4.78, 5) is 23.5.